The van der Waals surface area contributed by atoms with Crippen LogP contribution in [0.1, 0.15) is 21.7 Å². The number of rotatable bonds is 5. The normalized spacial score (nSPS) is 10.4. The highest BCUT2D eigenvalue weighted by Crippen LogP contribution is 2.25. The van der Waals surface area contributed by atoms with E-state index in [4.69, 9.17) is 4.74 Å². The zero-order valence-electron chi connectivity index (χ0n) is 12.9. The van der Waals surface area contributed by atoms with Gasteiger partial charge in [0.15, 0.2) is 11.6 Å². The summed E-state index contributed by atoms with van der Waals surface area (Å²) < 4.78 is 19.2. The quantitative estimate of drug-likeness (QED) is 0.755. The predicted molar refractivity (Wildman–Crippen MR) is 85.2 cm³/mol. The van der Waals surface area contributed by atoms with Crippen molar-refractivity contribution in [3.63, 3.8) is 0 Å². The van der Waals surface area contributed by atoms with E-state index in [1.165, 1.54) is 12.1 Å². The Morgan fingerprint density at radius 2 is 2.12 bits per heavy atom. The number of carbonyl (C=O) groups excluding carboxylic acids is 1. The lowest BCUT2D eigenvalue weighted by Crippen LogP contribution is -2.23. The molecule has 0 atom stereocenters. The summed E-state index contributed by atoms with van der Waals surface area (Å²) in [6, 6.07) is 11.2. The molecule has 0 saturated carbocycles. The van der Waals surface area contributed by atoms with E-state index >= 15 is 0 Å². The number of H-pyrrole nitrogens is 1. The van der Waals surface area contributed by atoms with Crippen LogP contribution in [0.4, 0.5) is 4.39 Å². The second-order valence-corrected chi connectivity index (χ2v) is 5.12. The molecule has 6 nitrogen and oxygen atoms in total. The van der Waals surface area contributed by atoms with Gasteiger partial charge in [-0.3, -0.25) is 9.89 Å². The van der Waals surface area contributed by atoms with Gasteiger partial charge >= 0.3 is 0 Å². The van der Waals surface area contributed by atoms with Crippen LogP contribution in [0.25, 0.3) is 0 Å². The van der Waals surface area contributed by atoms with Crippen molar-refractivity contribution in [2.45, 2.75) is 13.5 Å². The molecule has 3 rings (SSSR count). The molecule has 122 valence electrons. The molecular weight excluding hydrogens is 311 g/mol. The Hall–Kier alpha value is -3.22. The zero-order chi connectivity index (χ0) is 16.9. The molecule has 0 saturated heterocycles. The van der Waals surface area contributed by atoms with Crippen LogP contribution in [0.2, 0.25) is 0 Å². The van der Waals surface area contributed by atoms with Gasteiger partial charge in [-0.1, -0.05) is 18.2 Å². The number of hydrogen-bond donors (Lipinski definition) is 2. The van der Waals surface area contributed by atoms with Gasteiger partial charge < -0.3 is 10.1 Å². The fraction of sp³-hybridized carbons (Fsp3) is 0.118. The smallest absolute Gasteiger partial charge is 0.272 e. The van der Waals surface area contributed by atoms with Crippen LogP contribution < -0.4 is 10.1 Å². The maximum absolute atomic E-state index is 13.7. The van der Waals surface area contributed by atoms with E-state index in [0.717, 1.165) is 5.69 Å². The SMILES string of the molecule is Cc1cc(C(=O)NCc2cccnc2Oc2ccccc2F)n[nH]1. The molecule has 2 N–H and O–H groups in total. The molecule has 2 heterocycles. The van der Waals surface area contributed by atoms with Crippen LogP contribution in [0.15, 0.2) is 48.7 Å². The number of nitrogens with one attached hydrogen (secondary N) is 2. The minimum Gasteiger partial charge on any atom is -0.436 e. The Bertz CT molecular complexity index is 863. The summed E-state index contributed by atoms with van der Waals surface area (Å²) in [5.41, 5.74) is 1.72. The van der Waals surface area contributed by atoms with Crippen LogP contribution in [0, 0.1) is 12.7 Å². The summed E-state index contributed by atoms with van der Waals surface area (Å²) >= 11 is 0. The number of nitrogens with zero attached hydrogens (tertiary/aromatic N) is 2. The van der Waals surface area contributed by atoms with Crippen molar-refractivity contribution in [1.29, 1.82) is 0 Å². The summed E-state index contributed by atoms with van der Waals surface area (Å²) in [7, 11) is 0. The Morgan fingerprint density at radius 1 is 1.29 bits per heavy atom. The van der Waals surface area contributed by atoms with E-state index < -0.39 is 5.82 Å². The molecule has 0 aliphatic rings. The lowest BCUT2D eigenvalue weighted by atomic mass is 10.2. The van der Waals surface area contributed by atoms with Gasteiger partial charge in [0.05, 0.1) is 0 Å². The summed E-state index contributed by atoms with van der Waals surface area (Å²) in [4.78, 5) is 16.1. The molecule has 7 heteroatoms. The lowest BCUT2D eigenvalue weighted by Gasteiger charge is -2.10. The molecule has 0 aliphatic carbocycles. The van der Waals surface area contributed by atoms with Crippen molar-refractivity contribution in [3.05, 3.63) is 71.4 Å². The van der Waals surface area contributed by atoms with Gasteiger partial charge in [0.2, 0.25) is 5.88 Å². The largest absolute Gasteiger partial charge is 0.436 e. The maximum atomic E-state index is 13.7. The molecule has 3 aromatic rings. The average molecular weight is 326 g/mol. The minimum absolute atomic E-state index is 0.0757. The summed E-state index contributed by atoms with van der Waals surface area (Å²) in [6.07, 6.45) is 1.54. The monoisotopic (exact) mass is 326 g/mol. The second kappa shape index (κ2) is 6.91. The van der Waals surface area contributed by atoms with Gasteiger partial charge in [-0.05, 0) is 31.2 Å². The van der Waals surface area contributed by atoms with E-state index in [0.29, 0.717) is 11.3 Å². The fourth-order valence-corrected chi connectivity index (χ4v) is 2.08. The predicted octanol–water partition coefficient (Wildman–Crippen LogP) is 2.97. The zero-order valence-corrected chi connectivity index (χ0v) is 12.9. The molecule has 0 spiro atoms. The summed E-state index contributed by atoms with van der Waals surface area (Å²) in [5.74, 6) is -0.488. The number of aryl methyl sites for hydroxylation is 1. The van der Waals surface area contributed by atoms with Crippen LogP contribution in [-0.4, -0.2) is 21.1 Å². The van der Waals surface area contributed by atoms with E-state index in [9.17, 15) is 9.18 Å². The molecule has 0 bridgehead atoms. The van der Waals surface area contributed by atoms with Crippen LogP contribution >= 0.6 is 0 Å². The Balaban J connectivity index is 1.72. The van der Waals surface area contributed by atoms with E-state index in [1.807, 2.05) is 6.92 Å². The third-order valence-electron chi connectivity index (χ3n) is 3.27. The van der Waals surface area contributed by atoms with Gasteiger partial charge in [0, 0.05) is 24.0 Å². The third kappa shape index (κ3) is 3.57. The van der Waals surface area contributed by atoms with E-state index in [2.05, 4.69) is 20.5 Å². The third-order valence-corrected chi connectivity index (χ3v) is 3.27. The first-order chi connectivity index (χ1) is 11.6. The Morgan fingerprint density at radius 3 is 2.88 bits per heavy atom. The van der Waals surface area contributed by atoms with E-state index in [-0.39, 0.29) is 24.1 Å². The number of carbonyl (C=O) groups is 1. The number of para-hydroxylation sites is 1. The number of amides is 1. The highest BCUT2D eigenvalue weighted by molar-refractivity contribution is 5.92. The first-order valence-corrected chi connectivity index (χ1v) is 7.30. The van der Waals surface area contributed by atoms with Crippen molar-refractivity contribution in [3.8, 4) is 11.6 Å². The minimum atomic E-state index is -0.481. The topological polar surface area (TPSA) is 79.9 Å². The summed E-state index contributed by atoms with van der Waals surface area (Å²) in [5, 5.41) is 9.34. The highest BCUT2D eigenvalue weighted by Gasteiger charge is 2.12. The van der Waals surface area contributed by atoms with Crippen molar-refractivity contribution < 1.29 is 13.9 Å². The molecule has 0 unspecified atom stereocenters. The molecule has 2 aromatic heterocycles. The van der Waals surface area contributed by atoms with Gasteiger partial charge in [-0.15, -0.1) is 0 Å². The van der Waals surface area contributed by atoms with Crippen molar-refractivity contribution >= 4 is 5.91 Å². The lowest BCUT2D eigenvalue weighted by molar-refractivity contribution is 0.0945. The van der Waals surface area contributed by atoms with Gasteiger partial charge in [-0.25, -0.2) is 9.37 Å². The van der Waals surface area contributed by atoms with Gasteiger partial charge in [-0.2, -0.15) is 5.10 Å². The Labute approximate surface area is 137 Å². The van der Waals surface area contributed by atoms with Crippen molar-refractivity contribution in [2.24, 2.45) is 0 Å². The molecule has 0 radical (unpaired) electrons. The standard InChI is InChI=1S/C17H15FN4O2/c1-11-9-14(22-21-11)16(23)20-10-12-5-4-8-19-17(12)24-15-7-3-2-6-13(15)18/h2-9H,10H2,1H3,(H,20,23)(H,21,22). The molecule has 0 fully saturated rings. The Kier molecular flexibility index (Phi) is 4.51. The first kappa shape index (κ1) is 15.7. The number of hydrogen-bond acceptors (Lipinski definition) is 4. The highest BCUT2D eigenvalue weighted by atomic mass is 19.1. The number of ether oxygens (including phenoxy) is 1. The average Bonchev–Trinajstić information content (AvgIpc) is 3.02. The van der Waals surface area contributed by atoms with Crippen LogP contribution in [0.5, 0.6) is 11.6 Å². The number of aromatic nitrogens is 3. The van der Waals surface area contributed by atoms with Gasteiger partial charge in [0.1, 0.15) is 5.69 Å². The van der Waals surface area contributed by atoms with E-state index in [1.54, 1.807) is 36.5 Å². The van der Waals surface area contributed by atoms with Crippen LogP contribution in [-0.2, 0) is 6.54 Å². The number of benzene rings is 1. The second-order valence-electron chi connectivity index (χ2n) is 5.12. The number of pyridine rings is 1. The van der Waals surface area contributed by atoms with Crippen LogP contribution in [0.3, 0.4) is 0 Å². The van der Waals surface area contributed by atoms with Gasteiger partial charge in [0.25, 0.3) is 5.91 Å². The number of aromatic amines is 1. The summed E-state index contributed by atoms with van der Waals surface area (Å²) in [6.45, 7) is 1.99. The molecule has 1 amide bonds. The maximum Gasteiger partial charge on any atom is 0.272 e. The molecule has 1 aromatic carbocycles. The number of halogens is 1. The van der Waals surface area contributed by atoms with Crippen molar-refractivity contribution in [1.82, 2.24) is 20.5 Å². The molecule has 24 heavy (non-hydrogen) atoms. The first-order valence-electron chi connectivity index (χ1n) is 7.30. The molecular formula is C17H15FN4O2. The molecule has 0 aliphatic heterocycles. The van der Waals surface area contributed by atoms with Crippen molar-refractivity contribution in [2.75, 3.05) is 0 Å². The fourth-order valence-electron chi connectivity index (χ4n) is 2.08.